The number of rotatable bonds is 2. The van der Waals surface area contributed by atoms with Crippen molar-refractivity contribution in [3.05, 3.63) is 104 Å². The van der Waals surface area contributed by atoms with Gasteiger partial charge in [-0.15, -0.1) is 0 Å². The smallest absolute Gasteiger partial charge is 0.384 e. The fourth-order valence-corrected chi connectivity index (χ4v) is 5.31. The molecule has 1 N–H and O–H groups in total. The summed E-state index contributed by atoms with van der Waals surface area (Å²) >= 11 is 0. The van der Waals surface area contributed by atoms with E-state index in [0.29, 0.717) is 6.07 Å². The second kappa shape index (κ2) is 10.0. The second-order valence-corrected chi connectivity index (χ2v) is 9.74. The highest BCUT2D eigenvalue weighted by molar-refractivity contribution is 6.41. The normalized spacial score (nSPS) is 16.4. The van der Waals surface area contributed by atoms with Crippen LogP contribution in [-0.2, 0) is 18.5 Å². The zero-order valence-electron chi connectivity index (χ0n) is 21.6. The van der Waals surface area contributed by atoms with Gasteiger partial charge in [0, 0.05) is 27.8 Å². The van der Waals surface area contributed by atoms with Crippen molar-refractivity contribution in [3.63, 3.8) is 0 Å². The van der Waals surface area contributed by atoms with E-state index in [2.05, 4.69) is 0 Å². The SMILES string of the molecule is N#CC1=C(c2cc(C(F)(F)F)cc(C(F)(F)F)c2)C(=O)c2cc3c(c(F)c21)C(C#N)=C(c1ccc(C#N)c(C(F)(F)F)c1)C3O. The van der Waals surface area contributed by atoms with Crippen molar-refractivity contribution < 1.29 is 53.8 Å². The van der Waals surface area contributed by atoms with Crippen LogP contribution in [0.2, 0.25) is 0 Å². The fourth-order valence-electron chi connectivity index (χ4n) is 5.31. The summed E-state index contributed by atoms with van der Waals surface area (Å²) in [5.41, 5.74) is -13.5. The molecule has 0 radical (unpaired) electrons. The quantitative estimate of drug-likeness (QED) is 0.289. The number of alkyl halides is 9. The molecule has 0 saturated heterocycles. The lowest BCUT2D eigenvalue weighted by Gasteiger charge is -2.15. The van der Waals surface area contributed by atoms with Gasteiger partial charge >= 0.3 is 18.5 Å². The number of aliphatic hydroxyl groups excluding tert-OH is 1. The standard InChI is InChI=1S/C30H9F10N3O2/c31-25-23-16(26(44)21(18(23)9-42)11-1-2-12(8-41)20(5-11)30(38,39)40)7-17-24(25)19(10-43)22(27(17)45)13-3-14(28(32,33)34)6-15(4-13)29(35,36)37/h1-7,26,44H. The van der Waals surface area contributed by atoms with Crippen LogP contribution >= 0.6 is 0 Å². The Bertz CT molecular complexity index is 2010. The number of nitriles is 3. The molecule has 45 heavy (non-hydrogen) atoms. The molecule has 0 heterocycles. The first-order chi connectivity index (χ1) is 20.8. The predicted octanol–water partition coefficient (Wildman–Crippen LogP) is 7.87. The monoisotopic (exact) mass is 633 g/mol. The number of Topliss-reactive ketones (excluding diaryl/α,β-unsaturated/α-hetero) is 1. The first-order valence-electron chi connectivity index (χ1n) is 12.1. The summed E-state index contributed by atoms with van der Waals surface area (Å²) in [5.74, 6) is -2.92. The first-order valence-corrected chi connectivity index (χ1v) is 12.1. The van der Waals surface area contributed by atoms with Gasteiger partial charge < -0.3 is 5.11 Å². The van der Waals surface area contributed by atoms with Crippen LogP contribution in [0.15, 0.2) is 42.5 Å². The Morgan fingerprint density at radius 3 is 1.76 bits per heavy atom. The molecule has 2 aliphatic carbocycles. The number of nitrogens with zero attached hydrogens (tertiary/aromatic N) is 3. The van der Waals surface area contributed by atoms with E-state index in [4.69, 9.17) is 5.26 Å². The maximum absolute atomic E-state index is 16.2. The summed E-state index contributed by atoms with van der Waals surface area (Å²) in [4.78, 5) is 13.4. The van der Waals surface area contributed by atoms with Crippen molar-refractivity contribution in [1.82, 2.24) is 0 Å². The van der Waals surface area contributed by atoms with Crippen LogP contribution in [0.3, 0.4) is 0 Å². The van der Waals surface area contributed by atoms with Crippen molar-refractivity contribution in [2.75, 3.05) is 0 Å². The van der Waals surface area contributed by atoms with Gasteiger partial charge in [0.2, 0.25) is 0 Å². The number of hydrogen-bond acceptors (Lipinski definition) is 5. The number of benzene rings is 3. The third-order valence-electron chi connectivity index (χ3n) is 7.21. The van der Waals surface area contributed by atoms with E-state index >= 15 is 4.39 Å². The van der Waals surface area contributed by atoms with Crippen molar-refractivity contribution in [2.45, 2.75) is 24.6 Å². The number of allylic oxidation sites excluding steroid dienone is 3. The zero-order valence-corrected chi connectivity index (χ0v) is 21.6. The highest BCUT2D eigenvalue weighted by Crippen LogP contribution is 2.52. The lowest BCUT2D eigenvalue weighted by molar-refractivity contribution is -0.143. The molecule has 1 atom stereocenters. The Kier molecular flexibility index (Phi) is 6.91. The number of fused-ring (bicyclic) bond motifs is 2. The number of ketones is 1. The van der Waals surface area contributed by atoms with Gasteiger partial charge in [0.15, 0.2) is 5.78 Å². The van der Waals surface area contributed by atoms with Crippen LogP contribution in [0.1, 0.15) is 66.5 Å². The van der Waals surface area contributed by atoms with Crippen molar-refractivity contribution in [1.29, 1.82) is 15.8 Å². The highest BCUT2D eigenvalue weighted by Gasteiger charge is 2.44. The Hall–Kier alpha value is -5.46. The summed E-state index contributed by atoms with van der Waals surface area (Å²) in [7, 11) is 0. The molecule has 0 saturated carbocycles. The lowest BCUT2D eigenvalue weighted by atomic mass is 9.94. The van der Waals surface area contributed by atoms with Crippen molar-refractivity contribution >= 4 is 28.1 Å². The van der Waals surface area contributed by atoms with Crippen molar-refractivity contribution in [3.8, 4) is 18.2 Å². The molecule has 0 amide bonds. The number of carbonyl (C=O) groups is 1. The van der Waals surface area contributed by atoms with Crippen molar-refractivity contribution in [2.24, 2.45) is 0 Å². The Balaban J connectivity index is 1.77. The molecular weight excluding hydrogens is 624 g/mol. The maximum atomic E-state index is 16.2. The highest BCUT2D eigenvalue weighted by atomic mass is 19.4. The molecule has 3 aromatic rings. The second-order valence-electron chi connectivity index (χ2n) is 9.74. The van der Waals surface area contributed by atoms with Crippen LogP contribution in [0.4, 0.5) is 43.9 Å². The van der Waals surface area contributed by atoms with Gasteiger partial charge in [0.05, 0.1) is 39.5 Å². The third-order valence-corrected chi connectivity index (χ3v) is 7.21. The minimum absolute atomic E-state index is 0.175. The van der Waals surface area contributed by atoms with Gasteiger partial charge in [-0.1, -0.05) is 6.07 Å². The molecule has 3 aromatic carbocycles. The molecule has 0 spiro atoms. The molecule has 2 aliphatic rings. The van der Waals surface area contributed by atoms with Gasteiger partial charge in [0.25, 0.3) is 0 Å². The number of halogens is 10. The summed E-state index contributed by atoms with van der Waals surface area (Å²) in [6, 6.07) is 7.37. The Labute approximate surface area is 244 Å². The number of carbonyl (C=O) groups excluding carboxylic acids is 1. The summed E-state index contributed by atoms with van der Waals surface area (Å²) in [5, 5.41) is 39.8. The van der Waals surface area contributed by atoms with E-state index in [0.717, 1.165) is 18.2 Å². The van der Waals surface area contributed by atoms with E-state index in [-0.39, 0.29) is 18.2 Å². The summed E-state index contributed by atoms with van der Waals surface area (Å²) in [6.45, 7) is 0. The third kappa shape index (κ3) is 4.80. The molecule has 0 fully saturated rings. The van der Waals surface area contributed by atoms with Crippen LogP contribution < -0.4 is 0 Å². The number of hydrogen-bond donors (Lipinski definition) is 1. The molecule has 5 nitrogen and oxygen atoms in total. The molecule has 0 bridgehead atoms. The van der Waals surface area contributed by atoms with Crippen LogP contribution in [-0.4, -0.2) is 10.9 Å². The predicted molar refractivity (Wildman–Crippen MR) is 133 cm³/mol. The largest absolute Gasteiger partial charge is 0.417 e. The summed E-state index contributed by atoms with van der Waals surface area (Å²) in [6.07, 6.45) is -17.8. The van der Waals surface area contributed by atoms with Gasteiger partial charge in [-0.2, -0.15) is 55.3 Å². The Morgan fingerprint density at radius 1 is 0.689 bits per heavy atom. The molecule has 5 rings (SSSR count). The molecular formula is C30H9F10N3O2. The first kappa shape index (κ1) is 31.0. The van der Waals surface area contributed by atoms with Gasteiger partial charge in [-0.3, -0.25) is 4.79 Å². The van der Waals surface area contributed by atoms with Gasteiger partial charge in [-0.25, -0.2) is 4.39 Å². The van der Waals surface area contributed by atoms with Crippen LogP contribution in [0.25, 0.3) is 22.3 Å². The molecule has 226 valence electrons. The van der Waals surface area contributed by atoms with E-state index in [1.807, 2.05) is 0 Å². The topological polar surface area (TPSA) is 109 Å². The fraction of sp³-hybridized carbons (Fsp3) is 0.133. The number of aliphatic hydroxyl groups is 1. The average Bonchev–Trinajstić information content (AvgIpc) is 3.41. The summed E-state index contributed by atoms with van der Waals surface area (Å²) < 4.78 is 138. The van der Waals surface area contributed by atoms with E-state index in [1.54, 1.807) is 6.07 Å². The molecule has 0 aromatic heterocycles. The zero-order chi connectivity index (χ0) is 33.4. The minimum atomic E-state index is -5.32. The van der Waals surface area contributed by atoms with Gasteiger partial charge in [-0.05, 0) is 53.1 Å². The van der Waals surface area contributed by atoms with E-state index in [9.17, 15) is 59.9 Å². The van der Waals surface area contributed by atoms with Crippen LogP contribution in [0, 0.1) is 39.8 Å². The van der Waals surface area contributed by atoms with Crippen LogP contribution in [0.5, 0.6) is 0 Å². The average molecular weight is 633 g/mol. The maximum Gasteiger partial charge on any atom is 0.417 e. The lowest BCUT2D eigenvalue weighted by Crippen LogP contribution is -2.12. The van der Waals surface area contributed by atoms with E-state index in [1.165, 1.54) is 12.1 Å². The Morgan fingerprint density at radius 2 is 1.27 bits per heavy atom. The van der Waals surface area contributed by atoms with E-state index < -0.39 is 114 Å². The molecule has 1 unspecified atom stereocenters. The minimum Gasteiger partial charge on any atom is -0.384 e. The molecule has 0 aliphatic heterocycles. The van der Waals surface area contributed by atoms with Gasteiger partial charge in [0.1, 0.15) is 24.1 Å². The molecule has 15 heteroatoms.